The van der Waals surface area contributed by atoms with E-state index in [1.807, 2.05) is 0 Å². The standard InChI is InChI=1S/C11H15NO5/c1-15-7-4-6(9(12)11(13)14)5-8(16-2)10(7)17-3/h4-5,9H,12H2,1-3H3,(H,13,14)/t9-/m1/s1. The molecule has 17 heavy (non-hydrogen) atoms. The highest BCUT2D eigenvalue weighted by Gasteiger charge is 2.18. The monoisotopic (exact) mass is 241 g/mol. The highest BCUT2D eigenvalue weighted by atomic mass is 16.5. The minimum absolute atomic E-state index is 0.386. The van der Waals surface area contributed by atoms with Crippen LogP contribution >= 0.6 is 0 Å². The maximum Gasteiger partial charge on any atom is 0.203 e. The van der Waals surface area contributed by atoms with Crippen LogP contribution in [0.4, 0.5) is 0 Å². The van der Waals surface area contributed by atoms with Gasteiger partial charge < -0.3 is 29.8 Å². The molecule has 0 saturated carbocycles. The molecule has 6 nitrogen and oxygen atoms in total. The van der Waals surface area contributed by atoms with Crippen LogP contribution in [-0.4, -0.2) is 27.3 Å². The predicted octanol–water partition coefficient (Wildman–Crippen LogP) is -1.25. The Morgan fingerprint density at radius 3 is 1.94 bits per heavy atom. The minimum atomic E-state index is -1.26. The van der Waals surface area contributed by atoms with Crippen LogP contribution in [0.1, 0.15) is 11.6 Å². The van der Waals surface area contributed by atoms with Crippen LogP contribution in [0.5, 0.6) is 17.2 Å². The molecule has 0 heterocycles. The first-order chi connectivity index (χ1) is 8.04. The maximum absolute atomic E-state index is 10.8. The third-order valence-corrected chi connectivity index (χ3v) is 2.37. The van der Waals surface area contributed by atoms with Gasteiger partial charge in [-0.05, 0) is 12.1 Å². The minimum Gasteiger partial charge on any atom is -0.544 e. The molecule has 1 rings (SSSR count). The van der Waals surface area contributed by atoms with Gasteiger partial charge in [-0.3, -0.25) is 0 Å². The molecule has 0 aliphatic rings. The van der Waals surface area contributed by atoms with Gasteiger partial charge in [0.15, 0.2) is 17.5 Å². The summed E-state index contributed by atoms with van der Waals surface area (Å²) in [5.74, 6) is -0.0860. The number of rotatable bonds is 5. The second kappa shape index (κ2) is 5.40. The van der Waals surface area contributed by atoms with Crippen LogP contribution in [0.25, 0.3) is 0 Å². The molecule has 1 atom stereocenters. The molecular weight excluding hydrogens is 226 g/mol. The number of carboxylic acid groups (broad SMARTS) is 1. The summed E-state index contributed by atoms with van der Waals surface area (Å²) in [6, 6.07) is 2.08. The Labute approximate surface area is 98.9 Å². The van der Waals surface area contributed by atoms with Crippen molar-refractivity contribution in [1.82, 2.24) is 0 Å². The van der Waals surface area contributed by atoms with E-state index in [-0.39, 0.29) is 0 Å². The van der Waals surface area contributed by atoms with Gasteiger partial charge in [-0.25, -0.2) is 0 Å². The van der Waals surface area contributed by atoms with E-state index in [2.05, 4.69) is 5.73 Å². The summed E-state index contributed by atoms with van der Waals surface area (Å²) in [7, 11) is 4.39. The summed E-state index contributed by atoms with van der Waals surface area (Å²) >= 11 is 0. The zero-order valence-electron chi connectivity index (χ0n) is 9.98. The van der Waals surface area contributed by atoms with Crippen molar-refractivity contribution in [2.75, 3.05) is 21.3 Å². The zero-order valence-corrected chi connectivity index (χ0v) is 9.98. The normalized spacial score (nSPS) is 11.8. The van der Waals surface area contributed by atoms with Crippen LogP contribution in [0.3, 0.4) is 0 Å². The third-order valence-electron chi connectivity index (χ3n) is 2.37. The highest BCUT2D eigenvalue weighted by Crippen LogP contribution is 2.39. The molecule has 0 radical (unpaired) electrons. The number of benzene rings is 1. The summed E-state index contributed by atoms with van der Waals surface area (Å²) in [6.45, 7) is 0. The molecule has 94 valence electrons. The molecule has 0 bridgehead atoms. The Balaban J connectivity index is 3.31. The highest BCUT2D eigenvalue weighted by molar-refractivity contribution is 5.72. The number of hydrogen-bond donors (Lipinski definition) is 1. The first kappa shape index (κ1) is 13.1. The average molecular weight is 241 g/mol. The number of carbonyl (C=O) groups excluding carboxylic acids is 1. The Morgan fingerprint density at radius 2 is 1.65 bits per heavy atom. The SMILES string of the molecule is COc1cc([C@@H]([NH3+])C(=O)[O-])cc(OC)c1OC. The molecule has 0 aliphatic heterocycles. The molecule has 0 spiro atoms. The smallest absolute Gasteiger partial charge is 0.203 e. The maximum atomic E-state index is 10.8. The van der Waals surface area contributed by atoms with Crippen LogP contribution < -0.4 is 25.1 Å². The molecule has 0 saturated heterocycles. The Morgan fingerprint density at radius 1 is 1.18 bits per heavy atom. The number of methoxy groups -OCH3 is 3. The summed E-state index contributed by atoms with van der Waals surface area (Å²) < 4.78 is 15.3. The third kappa shape index (κ3) is 2.59. The van der Waals surface area contributed by atoms with Crippen LogP contribution in [-0.2, 0) is 4.79 Å². The van der Waals surface area contributed by atoms with Crippen LogP contribution in [0.2, 0.25) is 0 Å². The number of quaternary nitrogens is 1. The molecule has 3 N–H and O–H groups in total. The molecule has 0 amide bonds. The fraction of sp³-hybridized carbons (Fsp3) is 0.364. The predicted molar refractivity (Wildman–Crippen MR) is 56.7 cm³/mol. The van der Waals surface area contributed by atoms with Crippen molar-refractivity contribution in [2.45, 2.75) is 6.04 Å². The van der Waals surface area contributed by atoms with Crippen molar-refractivity contribution in [3.63, 3.8) is 0 Å². The second-order valence-corrected chi connectivity index (χ2v) is 3.33. The van der Waals surface area contributed by atoms with E-state index in [1.54, 1.807) is 0 Å². The molecule has 0 fully saturated rings. The molecule has 6 heteroatoms. The first-order valence-corrected chi connectivity index (χ1v) is 4.89. The summed E-state index contributed by atoms with van der Waals surface area (Å²) in [5, 5.41) is 10.8. The molecule has 1 aromatic rings. The summed E-state index contributed by atoms with van der Waals surface area (Å²) in [6.07, 6.45) is 0. The van der Waals surface area contributed by atoms with Crippen LogP contribution in [0, 0.1) is 0 Å². The van der Waals surface area contributed by atoms with Gasteiger partial charge in [0.05, 0.1) is 21.3 Å². The lowest BCUT2D eigenvalue weighted by atomic mass is 10.1. The van der Waals surface area contributed by atoms with Gasteiger partial charge in [0.2, 0.25) is 5.75 Å². The quantitative estimate of drug-likeness (QED) is 0.694. The lowest BCUT2D eigenvalue weighted by Gasteiger charge is -2.16. The van der Waals surface area contributed by atoms with Crippen molar-refractivity contribution < 1.29 is 29.8 Å². The van der Waals surface area contributed by atoms with Gasteiger partial charge in [0, 0.05) is 5.56 Å². The van der Waals surface area contributed by atoms with Gasteiger partial charge in [-0.15, -0.1) is 0 Å². The Hall–Kier alpha value is -1.95. The first-order valence-electron chi connectivity index (χ1n) is 4.89. The summed E-state index contributed by atoms with van der Waals surface area (Å²) in [5.41, 5.74) is 3.93. The van der Waals surface area contributed by atoms with Crippen molar-refractivity contribution >= 4 is 5.97 Å². The molecule has 0 aromatic heterocycles. The summed E-state index contributed by atoms with van der Waals surface area (Å²) in [4.78, 5) is 10.8. The van der Waals surface area contributed by atoms with Crippen molar-refractivity contribution in [2.24, 2.45) is 0 Å². The van der Waals surface area contributed by atoms with Crippen molar-refractivity contribution in [3.8, 4) is 17.2 Å². The van der Waals surface area contributed by atoms with E-state index in [1.165, 1.54) is 33.5 Å². The molecular formula is C11H15NO5. The molecule has 0 unspecified atom stereocenters. The van der Waals surface area contributed by atoms with E-state index in [0.29, 0.717) is 22.8 Å². The number of hydrogen-bond acceptors (Lipinski definition) is 5. The zero-order chi connectivity index (χ0) is 13.0. The average Bonchev–Trinajstić information content (AvgIpc) is 2.35. The van der Waals surface area contributed by atoms with Gasteiger partial charge in [-0.2, -0.15) is 0 Å². The van der Waals surface area contributed by atoms with Crippen molar-refractivity contribution in [1.29, 1.82) is 0 Å². The Bertz CT molecular complexity index is 393. The van der Waals surface area contributed by atoms with E-state index in [9.17, 15) is 9.90 Å². The van der Waals surface area contributed by atoms with Gasteiger partial charge in [-0.1, -0.05) is 0 Å². The largest absolute Gasteiger partial charge is 0.544 e. The topological polar surface area (TPSA) is 95.5 Å². The lowest BCUT2D eigenvalue weighted by molar-refractivity contribution is -0.443. The molecule has 1 aromatic carbocycles. The van der Waals surface area contributed by atoms with Gasteiger partial charge in [0.25, 0.3) is 0 Å². The van der Waals surface area contributed by atoms with Crippen molar-refractivity contribution in [3.05, 3.63) is 17.7 Å². The van der Waals surface area contributed by atoms with Gasteiger partial charge in [0.1, 0.15) is 5.97 Å². The Kier molecular flexibility index (Phi) is 4.17. The number of carboxylic acids is 1. The fourth-order valence-electron chi connectivity index (χ4n) is 1.44. The number of carbonyl (C=O) groups is 1. The van der Waals surface area contributed by atoms with Crippen LogP contribution in [0.15, 0.2) is 12.1 Å². The fourth-order valence-corrected chi connectivity index (χ4v) is 1.44. The number of ether oxygens (including phenoxy) is 3. The van der Waals surface area contributed by atoms with E-state index in [4.69, 9.17) is 14.2 Å². The van der Waals surface area contributed by atoms with E-state index >= 15 is 0 Å². The second-order valence-electron chi connectivity index (χ2n) is 3.33. The van der Waals surface area contributed by atoms with E-state index < -0.39 is 12.0 Å². The van der Waals surface area contributed by atoms with E-state index in [0.717, 1.165) is 0 Å². The van der Waals surface area contributed by atoms with Gasteiger partial charge >= 0.3 is 0 Å². The number of aliphatic carboxylic acids is 1. The molecule has 0 aliphatic carbocycles. The lowest BCUT2D eigenvalue weighted by Crippen LogP contribution is -2.61.